The molecular formula is C18H15FN2O3. The van der Waals surface area contributed by atoms with Crippen LogP contribution in [-0.2, 0) is 0 Å². The Hall–Kier alpha value is -3.15. The molecule has 0 saturated carbocycles. The third-order valence-electron chi connectivity index (χ3n) is 3.36. The average Bonchev–Trinajstić information content (AvgIpc) is 3.09. The Morgan fingerprint density at radius 1 is 0.917 bits per heavy atom. The fourth-order valence-corrected chi connectivity index (χ4v) is 2.14. The monoisotopic (exact) mass is 326 g/mol. The maximum Gasteiger partial charge on any atom is 0.248 e. The lowest BCUT2D eigenvalue weighted by Crippen LogP contribution is -1.90. The molecule has 0 aliphatic carbocycles. The molecule has 1 aromatic heterocycles. The highest BCUT2D eigenvalue weighted by atomic mass is 19.1. The van der Waals surface area contributed by atoms with E-state index in [1.807, 2.05) is 24.3 Å². The molecule has 122 valence electrons. The summed E-state index contributed by atoms with van der Waals surface area (Å²) in [4.78, 5) is 0. The summed E-state index contributed by atoms with van der Waals surface area (Å²) in [6, 6.07) is 11.4. The number of hydrogen-bond acceptors (Lipinski definition) is 5. The Bertz CT molecular complexity index is 857. The Labute approximate surface area is 138 Å². The van der Waals surface area contributed by atoms with Crippen molar-refractivity contribution in [1.82, 2.24) is 10.2 Å². The van der Waals surface area contributed by atoms with Gasteiger partial charge < -0.3 is 13.9 Å². The molecule has 1 heterocycles. The summed E-state index contributed by atoms with van der Waals surface area (Å²) in [7, 11) is 3.17. The molecule has 2 aromatic carbocycles. The highest BCUT2D eigenvalue weighted by molar-refractivity contribution is 5.68. The van der Waals surface area contributed by atoms with Gasteiger partial charge in [0.2, 0.25) is 11.8 Å². The Kier molecular flexibility index (Phi) is 4.56. The van der Waals surface area contributed by atoms with Gasteiger partial charge in [-0.15, -0.1) is 10.2 Å². The molecule has 24 heavy (non-hydrogen) atoms. The summed E-state index contributed by atoms with van der Waals surface area (Å²) in [6.07, 6.45) is 3.52. The average molecular weight is 326 g/mol. The van der Waals surface area contributed by atoms with Crippen molar-refractivity contribution in [2.45, 2.75) is 0 Å². The van der Waals surface area contributed by atoms with Crippen molar-refractivity contribution in [2.24, 2.45) is 0 Å². The highest BCUT2D eigenvalue weighted by Gasteiger charge is 2.07. The van der Waals surface area contributed by atoms with E-state index in [2.05, 4.69) is 10.2 Å². The van der Waals surface area contributed by atoms with E-state index in [1.54, 1.807) is 32.4 Å². The topological polar surface area (TPSA) is 57.4 Å². The van der Waals surface area contributed by atoms with Crippen molar-refractivity contribution < 1.29 is 18.3 Å². The summed E-state index contributed by atoms with van der Waals surface area (Å²) < 4.78 is 28.9. The first-order chi connectivity index (χ1) is 11.7. The quantitative estimate of drug-likeness (QED) is 0.707. The van der Waals surface area contributed by atoms with E-state index < -0.39 is 0 Å². The summed E-state index contributed by atoms with van der Waals surface area (Å²) in [5, 5.41) is 7.91. The van der Waals surface area contributed by atoms with Gasteiger partial charge in [0.25, 0.3) is 0 Å². The van der Waals surface area contributed by atoms with Crippen LogP contribution in [0.2, 0.25) is 0 Å². The zero-order chi connectivity index (χ0) is 16.9. The molecular weight excluding hydrogens is 311 g/mol. The third kappa shape index (κ3) is 3.43. The highest BCUT2D eigenvalue weighted by Crippen LogP contribution is 2.28. The molecule has 0 atom stereocenters. The number of rotatable bonds is 5. The fraction of sp³-hybridized carbons (Fsp3) is 0.111. The van der Waals surface area contributed by atoms with Gasteiger partial charge in [0.1, 0.15) is 5.82 Å². The molecule has 0 unspecified atom stereocenters. The van der Waals surface area contributed by atoms with Crippen LogP contribution in [0.5, 0.6) is 11.5 Å². The van der Waals surface area contributed by atoms with Crippen LogP contribution in [0.15, 0.2) is 46.9 Å². The fourth-order valence-electron chi connectivity index (χ4n) is 2.14. The van der Waals surface area contributed by atoms with Gasteiger partial charge >= 0.3 is 0 Å². The molecule has 6 heteroatoms. The second-order valence-corrected chi connectivity index (χ2v) is 4.90. The molecule has 5 nitrogen and oxygen atoms in total. The number of ether oxygens (including phenoxy) is 2. The second-order valence-electron chi connectivity index (χ2n) is 4.90. The van der Waals surface area contributed by atoms with Gasteiger partial charge in [-0.3, -0.25) is 0 Å². The van der Waals surface area contributed by atoms with Gasteiger partial charge in [-0.2, -0.15) is 0 Å². The van der Waals surface area contributed by atoms with Crippen molar-refractivity contribution in [3.63, 3.8) is 0 Å². The van der Waals surface area contributed by atoms with Crippen molar-refractivity contribution in [2.75, 3.05) is 14.2 Å². The van der Waals surface area contributed by atoms with E-state index in [4.69, 9.17) is 13.9 Å². The first-order valence-electron chi connectivity index (χ1n) is 7.19. The standard InChI is InChI=1S/C18H15FN2O3/c1-22-15-9-3-12(11-16(15)23-2)4-10-17-20-21-18(24-17)13-5-7-14(19)8-6-13/h3-11H,1-2H3/b10-4+. The van der Waals surface area contributed by atoms with Crippen molar-refractivity contribution >= 4 is 12.2 Å². The van der Waals surface area contributed by atoms with E-state index in [9.17, 15) is 4.39 Å². The first-order valence-corrected chi connectivity index (χ1v) is 7.19. The minimum atomic E-state index is -0.313. The van der Waals surface area contributed by atoms with Crippen LogP contribution in [-0.4, -0.2) is 24.4 Å². The summed E-state index contributed by atoms with van der Waals surface area (Å²) >= 11 is 0. The van der Waals surface area contributed by atoms with E-state index >= 15 is 0 Å². The molecule has 0 saturated heterocycles. The van der Waals surface area contributed by atoms with Crippen LogP contribution < -0.4 is 9.47 Å². The largest absolute Gasteiger partial charge is 0.493 e. The van der Waals surface area contributed by atoms with Gasteiger partial charge in [-0.05, 0) is 48.0 Å². The van der Waals surface area contributed by atoms with Crippen LogP contribution >= 0.6 is 0 Å². The van der Waals surface area contributed by atoms with Gasteiger partial charge in [0.05, 0.1) is 14.2 Å². The Balaban J connectivity index is 1.79. The lowest BCUT2D eigenvalue weighted by Gasteiger charge is -2.07. The zero-order valence-electron chi connectivity index (χ0n) is 13.2. The maximum absolute atomic E-state index is 12.9. The number of methoxy groups -OCH3 is 2. The number of aromatic nitrogens is 2. The second kappa shape index (κ2) is 6.95. The minimum Gasteiger partial charge on any atom is -0.493 e. The van der Waals surface area contributed by atoms with Gasteiger partial charge in [-0.1, -0.05) is 6.07 Å². The number of halogens is 1. The van der Waals surface area contributed by atoms with Gasteiger partial charge in [0.15, 0.2) is 11.5 Å². The first kappa shape index (κ1) is 15.7. The summed E-state index contributed by atoms with van der Waals surface area (Å²) in [5.41, 5.74) is 1.56. The van der Waals surface area contributed by atoms with Crippen molar-refractivity contribution in [3.05, 3.63) is 59.7 Å². The molecule has 0 bridgehead atoms. The van der Waals surface area contributed by atoms with Crippen LogP contribution in [0.25, 0.3) is 23.6 Å². The molecule has 0 amide bonds. The van der Waals surface area contributed by atoms with Crippen LogP contribution in [0.3, 0.4) is 0 Å². The van der Waals surface area contributed by atoms with Gasteiger partial charge in [-0.25, -0.2) is 4.39 Å². The normalized spacial score (nSPS) is 11.0. The molecule has 0 fully saturated rings. The Morgan fingerprint density at radius 3 is 2.38 bits per heavy atom. The molecule has 0 spiro atoms. The molecule has 0 aliphatic heterocycles. The van der Waals surface area contributed by atoms with Gasteiger partial charge in [0, 0.05) is 11.6 Å². The Morgan fingerprint density at radius 2 is 1.67 bits per heavy atom. The van der Waals surface area contributed by atoms with E-state index in [1.165, 1.54) is 12.1 Å². The predicted octanol–water partition coefficient (Wildman–Crippen LogP) is 4.06. The molecule has 0 aliphatic rings. The minimum absolute atomic E-state index is 0.313. The number of hydrogen-bond donors (Lipinski definition) is 0. The third-order valence-corrected chi connectivity index (χ3v) is 3.36. The van der Waals surface area contributed by atoms with E-state index in [0.29, 0.717) is 28.8 Å². The summed E-state index contributed by atoms with van der Waals surface area (Å²) in [5.74, 6) is 1.67. The van der Waals surface area contributed by atoms with Crippen LogP contribution in [0, 0.1) is 5.82 Å². The van der Waals surface area contributed by atoms with Crippen LogP contribution in [0.4, 0.5) is 4.39 Å². The SMILES string of the molecule is COc1ccc(/C=C/c2nnc(-c3ccc(F)cc3)o2)cc1OC. The van der Waals surface area contributed by atoms with Crippen molar-refractivity contribution in [1.29, 1.82) is 0 Å². The molecule has 0 radical (unpaired) electrons. The summed E-state index contributed by atoms with van der Waals surface area (Å²) in [6.45, 7) is 0. The van der Waals surface area contributed by atoms with Crippen molar-refractivity contribution in [3.8, 4) is 23.0 Å². The van der Waals surface area contributed by atoms with E-state index in [0.717, 1.165) is 5.56 Å². The zero-order valence-corrected chi connectivity index (χ0v) is 13.2. The van der Waals surface area contributed by atoms with Crippen LogP contribution in [0.1, 0.15) is 11.5 Å². The number of nitrogens with zero attached hydrogens (tertiary/aromatic N) is 2. The smallest absolute Gasteiger partial charge is 0.248 e. The maximum atomic E-state index is 12.9. The lowest BCUT2D eigenvalue weighted by molar-refractivity contribution is 0.355. The lowest BCUT2D eigenvalue weighted by atomic mass is 10.2. The number of benzene rings is 2. The predicted molar refractivity (Wildman–Crippen MR) is 88.2 cm³/mol. The van der Waals surface area contributed by atoms with E-state index in [-0.39, 0.29) is 5.82 Å². The molecule has 3 rings (SSSR count). The molecule has 3 aromatic rings. The molecule has 0 N–H and O–H groups in total.